The second-order valence-electron chi connectivity index (χ2n) is 6.09. The molecule has 1 unspecified atom stereocenters. The first-order valence-electron chi connectivity index (χ1n) is 7.35. The lowest BCUT2D eigenvalue weighted by Crippen LogP contribution is -2.52. The van der Waals surface area contributed by atoms with Gasteiger partial charge in [-0.3, -0.25) is 4.40 Å². The fourth-order valence-corrected chi connectivity index (χ4v) is 3.98. The van der Waals surface area contributed by atoms with Crippen molar-refractivity contribution >= 4 is 16.3 Å². The molecule has 4 nitrogen and oxygen atoms in total. The molecule has 0 bridgehead atoms. The second kappa shape index (κ2) is 5.47. The van der Waals surface area contributed by atoms with Gasteiger partial charge in [-0.15, -0.1) is 11.3 Å². The van der Waals surface area contributed by atoms with Gasteiger partial charge in [0.2, 0.25) is 0 Å². The van der Waals surface area contributed by atoms with Crippen LogP contribution in [0, 0.1) is 5.92 Å². The highest BCUT2D eigenvalue weighted by atomic mass is 32.1. The number of thiazole rings is 1. The van der Waals surface area contributed by atoms with E-state index >= 15 is 0 Å². The van der Waals surface area contributed by atoms with Gasteiger partial charge < -0.3 is 10.5 Å². The summed E-state index contributed by atoms with van der Waals surface area (Å²) in [5.41, 5.74) is 7.40. The number of nitrogens with zero attached hydrogens (tertiary/aromatic N) is 2. The molecule has 0 amide bonds. The molecule has 110 valence electrons. The summed E-state index contributed by atoms with van der Waals surface area (Å²) in [6.45, 7) is 2.31. The number of imidazole rings is 1. The smallest absolute Gasteiger partial charge is 0.193 e. The van der Waals surface area contributed by atoms with Crippen LogP contribution in [0.3, 0.4) is 0 Å². The molecule has 2 aromatic heterocycles. The molecule has 2 aromatic rings. The highest BCUT2D eigenvalue weighted by Gasteiger charge is 2.39. The number of hydrogen-bond acceptors (Lipinski definition) is 4. The van der Waals surface area contributed by atoms with E-state index in [9.17, 15) is 0 Å². The zero-order valence-corrected chi connectivity index (χ0v) is 13.0. The van der Waals surface area contributed by atoms with Gasteiger partial charge in [-0.05, 0) is 31.6 Å². The number of aromatic nitrogens is 2. The molecule has 20 heavy (non-hydrogen) atoms. The summed E-state index contributed by atoms with van der Waals surface area (Å²) in [5, 5.41) is 2.05. The molecule has 2 heterocycles. The first-order chi connectivity index (χ1) is 9.63. The zero-order valence-electron chi connectivity index (χ0n) is 12.2. The Hall–Kier alpha value is -0.910. The number of fused-ring (bicyclic) bond motifs is 1. The Kier molecular flexibility index (Phi) is 3.84. The van der Waals surface area contributed by atoms with Crippen molar-refractivity contribution in [2.45, 2.75) is 50.7 Å². The first-order valence-corrected chi connectivity index (χ1v) is 8.23. The van der Waals surface area contributed by atoms with E-state index in [0.717, 1.165) is 35.8 Å². The predicted octanol–water partition coefficient (Wildman–Crippen LogP) is 2.86. The van der Waals surface area contributed by atoms with Crippen LogP contribution in [0.25, 0.3) is 4.96 Å². The normalized spacial score (nSPS) is 28.9. The highest BCUT2D eigenvalue weighted by Crippen LogP contribution is 2.37. The number of hydrogen-bond donors (Lipinski definition) is 1. The molecule has 1 atom stereocenters. The number of nitrogens with two attached hydrogens (primary N) is 1. The average Bonchev–Trinajstić information content (AvgIpc) is 3.01. The molecule has 0 spiro atoms. The minimum atomic E-state index is -0.163. The number of ether oxygens (including phenoxy) is 1. The van der Waals surface area contributed by atoms with Crippen molar-refractivity contribution in [1.29, 1.82) is 0 Å². The quantitative estimate of drug-likeness (QED) is 0.943. The van der Waals surface area contributed by atoms with Crippen molar-refractivity contribution in [1.82, 2.24) is 9.38 Å². The Labute approximate surface area is 124 Å². The van der Waals surface area contributed by atoms with Crippen LogP contribution in [0.2, 0.25) is 0 Å². The van der Waals surface area contributed by atoms with E-state index < -0.39 is 0 Å². The Bertz CT molecular complexity index is 540. The molecule has 5 heteroatoms. The van der Waals surface area contributed by atoms with Crippen LogP contribution in [0.1, 0.15) is 38.3 Å². The van der Waals surface area contributed by atoms with Crippen molar-refractivity contribution in [3.05, 3.63) is 23.5 Å². The van der Waals surface area contributed by atoms with Crippen LogP contribution in [0.15, 0.2) is 17.8 Å². The summed E-state index contributed by atoms with van der Waals surface area (Å²) in [6.07, 6.45) is 9.45. The van der Waals surface area contributed by atoms with Crippen molar-refractivity contribution in [3.8, 4) is 0 Å². The lowest BCUT2D eigenvalue weighted by atomic mass is 9.74. The monoisotopic (exact) mass is 293 g/mol. The van der Waals surface area contributed by atoms with Crippen molar-refractivity contribution in [2.24, 2.45) is 11.7 Å². The van der Waals surface area contributed by atoms with Crippen molar-refractivity contribution < 1.29 is 4.74 Å². The predicted molar refractivity (Wildman–Crippen MR) is 82.1 cm³/mol. The molecule has 3 rings (SSSR count). The van der Waals surface area contributed by atoms with E-state index in [0.29, 0.717) is 0 Å². The van der Waals surface area contributed by atoms with Crippen LogP contribution in [-0.4, -0.2) is 28.1 Å². The highest BCUT2D eigenvalue weighted by molar-refractivity contribution is 7.15. The third-order valence-corrected chi connectivity index (χ3v) is 5.55. The lowest BCUT2D eigenvalue weighted by Gasteiger charge is -2.42. The lowest BCUT2D eigenvalue weighted by molar-refractivity contribution is -0.0660. The van der Waals surface area contributed by atoms with E-state index in [2.05, 4.69) is 22.5 Å². The Morgan fingerprint density at radius 3 is 2.95 bits per heavy atom. The maximum absolute atomic E-state index is 6.49. The fraction of sp³-hybridized carbons (Fsp3) is 0.667. The van der Waals surface area contributed by atoms with Crippen LogP contribution in [0.4, 0.5) is 0 Å². The molecule has 1 fully saturated rings. The topological polar surface area (TPSA) is 52.5 Å². The third kappa shape index (κ3) is 2.50. The van der Waals surface area contributed by atoms with Gasteiger partial charge in [0.05, 0.1) is 11.3 Å². The van der Waals surface area contributed by atoms with E-state index in [-0.39, 0.29) is 11.6 Å². The van der Waals surface area contributed by atoms with Gasteiger partial charge >= 0.3 is 0 Å². The Balaban J connectivity index is 1.73. The molecular formula is C15H23N3OS. The zero-order chi connectivity index (χ0) is 14.2. The summed E-state index contributed by atoms with van der Waals surface area (Å²) >= 11 is 1.66. The van der Waals surface area contributed by atoms with Gasteiger partial charge in [-0.25, -0.2) is 4.98 Å². The van der Waals surface area contributed by atoms with Crippen LogP contribution < -0.4 is 5.73 Å². The molecule has 1 aliphatic rings. The number of methoxy groups -OCH3 is 1. The largest absolute Gasteiger partial charge is 0.377 e. The van der Waals surface area contributed by atoms with Crippen LogP contribution >= 0.6 is 11.3 Å². The van der Waals surface area contributed by atoms with Gasteiger partial charge in [0.1, 0.15) is 0 Å². The second-order valence-corrected chi connectivity index (χ2v) is 6.96. The fourth-order valence-electron chi connectivity index (χ4n) is 3.26. The maximum Gasteiger partial charge on any atom is 0.193 e. The standard InChI is InChI=1S/C15H23N3OS/c1-11-3-5-15(19-2,6-4-11)13(16)9-12-10-18-7-8-20-14(18)17-12/h7-8,10-11,13H,3-6,9,16H2,1-2H3. The molecule has 0 radical (unpaired) electrons. The van der Waals surface area contributed by atoms with E-state index in [1.54, 1.807) is 11.3 Å². The van der Waals surface area contributed by atoms with Crippen LogP contribution in [0.5, 0.6) is 0 Å². The van der Waals surface area contributed by atoms with Gasteiger partial charge in [-0.2, -0.15) is 0 Å². The minimum absolute atomic E-state index is 0.0182. The molecule has 0 aliphatic heterocycles. The van der Waals surface area contributed by atoms with Crippen LogP contribution in [-0.2, 0) is 11.2 Å². The van der Waals surface area contributed by atoms with Crippen molar-refractivity contribution in [2.75, 3.05) is 7.11 Å². The van der Waals surface area contributed by atoms with E-state index in [1.807, 2.05) is 18.7 Å². The molecule has 1 saturated carbocycles. The molecule has 0 saturated heterocycles. The van der Waals surface area contributed by atoms with Gasteiger partial charge in [0.15, 0.2) is 4.96 Å². The van der Waals surface area contributed by atoms with Gasteiger partial charge in [0.25, 0.3) is 0 Å². The maximum atomic E-state index is 6.49. The first kappa shape index (κ1) is 14.0. The summed E-state index contributed by atoms with van der Waals surface area (Å²) in [5.74, 6) is 0.795. The van der Waals surface area contributed by atoms with Gasteiger partial charge in [-0.1, -0.05) is 6.92 Å². The van der Waals surface area contributed by atoms with E-state index in [4.69, 9.17) is 10.5 Å². The summed E-state index contributed by atoms with van der Waals surface area (Å²) in [7, 11) is 1.81. The average molecular weight is 293 g/mol. The molecule has 1 aliphatic carbocycles. The van der Waals surface area contributed by atoms with Gasteiger partial charge in [0, 0.05) is 37.3 Å². The summed E-state index contributed by atoms with van der Waals surface area (Å²) < 4.78 is 7.92. The third-order valence-electron chi connectivity index (χ3n) is 4.78. The molecule has 2 N–H and O–H groups in total. The molecular weight excluding hydrogens is 270 g/mol. The SMILES string of the molecule is COC1(C(N)Cc2cn3ccsc3n2)CCC(C)CC1. The molecule has 0 aromatic carbocycles. The summed E-state index contributed by atoms with van der Waals surface area (Å²) in [6, 6.07) is 0.0182. The summed E-state index contributed by atoms with van der Waals surface area (Å²) in [4.78, 5) is 5.67. The van der Waals surface area contributed by atoms with E-state index in [1.165, 1.54) is 12.8 Å². The minimum Gasteiger partial charge on any atom is -0.377 e. The Morgan fingerprint density at radius 2 is 2.30 bits per heavy atom. The number of rotatable bonds is 4. The van der Waals surface area contributed by atoms with Crippen molar-refractivity contribution in [3.63, 3.8) is 0 Å². The Morgan fingerprint density at radius 1 is 1.55 bits per heavy atom.